The lowest BCUT2D eigenvalue weighted by Crippen LogP contribution is -2.28. The number of nitrogens with two attached hydrogens (primary N) is 1. The molecule has 0 radical (unpaired) electrons. The van der Waals surface area contributed by atoms with Gasteiger partial charge in [-0.15, -0.1) is 0 Å². The van der Waals surface area contributed by atoms with Gasteiger partial charge in [0.1, 0.15) is 0 Å². The summed E-state index contributed by atoms with van der Waals surface area (Å²) >= 11 is 4.86. The fourth-order valence-corrected chi connectivity index (χ4v) is 1.82. The lowest BCUT2D eigenvalue weighted by atomic mass is 10.2. The summed E-state index contributed by atoms with van der Waals surface area (Å²) in [5.74, 6) is 0. The molecule has 0 aliphatic carbocycles. The highest BCUT2D eigenvalue weighted by Crippen LogP contribution is 2.00. The molecule has 4 heteroatoms. The molecule has 0 aromatic rings. The Kier molecular flexibility index (Phi) is 9.88. The van der Waals surface area contributed by atoms with Gasteiger partial charge in [0.15, 0.2) is 0 Å². The molecular weight excluding hydrogens is 218 g/mol. The summed E-state index contributed by atoms with van der Waals surface area (Å²) in [6.07, 6.45) is 4.47. The molecule has 0 saturated carbocycles. The molecule has 96 valence electrons. The molecule has 0 spiro atoms. The second-order valence-corrected chi connectivity index (χ2v) is 5.04. The van der Waals surface area contributed by atoms with Gasteiger partial charge >= 0.3 is 0 Å². The van der Waals surface area contributed by atoms with Gasteiger partial charge in [0.05, 0.1) is 4.99 Å². The normalized spacial score (nSPS) is 11.3. The van der Waals surface area contributed by atoms with Crippen molar-refractivity contribution in [3.63, 3.8) is 0 Å². The minimum atomic E-state index is 0.649. The first-order valence-corrected chi connectivity index (χ1v) is 6.62. The van der Waals surface area contributed by atoms with Crippen LogP contribution in [-0.2, 0) is 0 Å². The highest BCUT2D eigenvalue weighted by Gasteiger charge is 2.02. The molecular formula is C12H27N3S. The smallest absolute Gasteiger partial charge is 0.0727 e. The van der Waals surface area contributed by atoms with E-state index < -0.39 is 0 Å². The van der Waals surface area contributed by atoms with E-state index in [1.807, 2.05) is 0 Å². The predicted molar refractivity (Wildman–Crippen MR) is 75.9 cm³/mol. The van der Waals surface area contributed by atoms with Crippen molar-refractivity contribution in [3.05, 3.63) is 0 Å². The molecule has 0 bridgehead atoms. The zero-order chi connectivity index (χ0) is 12.4. The topological polar surface area (TPSA) is 32.5 Å². The van der Waals surface area contributed by atoms with Crippen LogP contribution in [-0.4, -0.2) is 55.1 Å². The molecule has 0 aliphatic rings. The molecule has 0 rings (SSSR count). The fraction of sp³-hybridized carbons (Fsp3) is 0.917. The number of unbranched alkanes of at least 4 members (excludes halogenated alkanes) is 1. The third kappa shape index (κ3) is 10.3. The SMILES string of the molecule is CCN(CCCCC(N)=S)CCCN(C)C. The van der Waals surface area contributed by atoms with Gasteiger partial charge in [0.25, 0.3) is 0 Å². The number of nitrogens with zero attached hydrogens (tertiary/aromatic N) is 2. The van der Waals surface area contributed by atoms with E-state index in [0.717, 1.165) is 19.4 Å². The quantitative estimate of drug-likeness (QED) is 0.469. The molecule has 16 heavy (non-hydrogen) atoms. The first kappa shape index (κ1) is 15.8. The Bertz CT molecular complexity index is 183. The number of rotatable bonds is 10. The lowest BCUT2D eigenvalue weighted by molar-refractivity contribution is 0.262. The number of hydrogen-bond donors (Lipinski definition) is 1. The molecule has 0 saturated heterocycles. The highest BCUT2D eigenvalue weighted by molar-refractivity contribution is 7.80. The van der Waals surface area contributed by atoms with Crippen LogP contribution in [0.2, 0.25) is 0 Å². The summed E-state index contributed by atoms with van der Waals surface area (Å²) in [6.45, 7) is 6.90. The van der Waals surface area contributed by atoms with E-state index in [1.54, 1.807) is 0 Å². The molecule has 0 aromatic carbocycles. The van der Waals surface area contributed by atoms with Crippen LogP contribution in [0.1, 0.15) is 32.6 Å². The van der Waals surface area contributed by atoms with Crippen LogP contribution in [0.5, 0.6) is 0 Å². The standard InChI is InChI=1S/C12H27N3S/c1-4-15(11-7-9-14(2)3)10-6-5-8-12(13)16/h4-11H2,1-3H3,(H2,13,16). The summed E-state index contributed by atoms with van der Waals surface area (Å²) in [5, 5.41) is 0. The van der Waals surface area contributed by atoms with Gasteiger partial charge in [-0.05, 0) is 66.0 Å². The number of thiocarbonyl (C=S) groups is 1. The van der Waals surface area contributed by atoms with E-state index in [2.05, 4.69) is 30.8 Å². The molecule has 0 heterocycles. The second-order valence-electron chi connectivity index (χ2n) is 4.51. The van der Waals surface area contributed by atoms with Crippen molar-refractivity contribution >= 4 is 17.2 Å². The summed E-state index contributed by atoms with van der Waals surface area (Å²) in [6, 6.07) is 0. The fourth-order valence-electron chi connectivity index (χ4n) is 1.67. The van der Waals surface area contributed by atoms with Crippen molar-refractivity contribution in [1.82, 2.24) is 9.80 Å². The zero-order valence-electron chi connectivity index (χ0n) is 11.0. The average molecular weight is 245 g/mol. The monoisotopic (exact) mass is 245 g/mol. The summed E-state index contributed by atoms with van der Waals surface area (Å²) in [7, 11) is 4.25. The molecule has 0 amide bonds. The van der Waals surface area contributed by atoms with E-state index in [1.165, 1.54) is 32.5 Å². The van der Waals surface area contributed by atoms with Crippen molar-refractivity contribution < 1.29 is 0 Å². The van der Waals surface area contributed by atoms with Crippen molar-refractivity contribution in [3.8, 4) is 0 Å². The summed E-state index contributed by atoms with van der Waals surface area (Å²) < 4.78 is 0. The summed E-state index contributed by atoms with van der Waals surface area (Å²) in [4.78, 5) is 5.39. The lowest BCUT2D eigenvalue weighted by Gasteiger charge is -2.21. The van der Waals surface area contributed by atoms with Crippen molar-refractivity contribution in [1.29, 1.82) is 0 Å². The maximum absolute atomic E-state index is 5.47. The van der Waals surface area contributed by atoms with Gasteiger partial charge in [-0.25, -0.2) is 0 Å². The van der Waals surface area contributed by atoms with Gasteiger partial charge in [-0.1, -0.05) is 19.1 Å². The van der Waals surface area contributed by atoms with Crippen molar-refractivity contribution in [2.24, 2.45) is 5.73 Å². The minimum absolute atomic E-state index is 0.649. The average Bonchev–Trinajstić information content (AvgIpc) is 2.20. The largest absolute Gasteiger partial charge is 0.393 e. The van der Waals surface area contributed by atoms with Gasteiger partial charge < -0.3 is 15.5 Å². The first-order chi connectivity index (χ1) is 7.56. The first-order valence-electron chi connectivity index (χ1n) is 6.21. The van der Waals surface area contributed by atoms with E-state index in [0.29, 0.717) is 4.99 Å². The van der Waals surface area contributed by atoms with E-state index in [-0.39, 0.29) is 0 Å². The molecule has 2 N–H and O–H groups in total. The Labute approximate surface area is 106 Å². The number of hydrogen-bond acceptors (Lipinski definition) is 3. The van der Waals surface area contributed by atoms with Crippen LogP contribution in [0.4, 0.5) is 0 Å². The Balaban J connectivity index is 3.47. The second kappa shape index (κ2) is 10.00. The van der Waals surface area contributed by atoms with Crippen molar-refractivity contribution in [2.45, 2.75) is 32.6 Å². The molecule has 0 unspecified atom stereocenters. The van der Waals surface area contributed by atoms with Crippen LogP contribution in [0.25, 0.3) is 0 Å². The van der Waals surface area contributed by atoms with Crippen LogP contribution < -0.4 is 5.73 Å². The zero-order valence-corrected chi connectivity index (χ0v) is 11.9. The van der Waals surface area contributed by atoms with E-state index in [9.17, 15) is 0 Å². The Morgan fingerprint density at radius 2 is 1.69 bits per heavy atom. The van der Waals surface area contributed by atoms with Crippen LogP contribution in [0.15, 0.2) is 0 Å². The Hall–Kier alpha value is -0.190. The summed E-state index contributed by atoms with van der Waals surface area (Å²) in [5.41, 5.74) is 5.47. The predicted octanol–water partition coefficient (Wildman–Crippen LogP) is 1.72. The van der Waals surface area contributed by atoms with E-state index in [4.69, 9.17) is 18.0 Å². The van der Waals surface area contributed by atoms with Crippen LogP contribution in [0, 0.1) is 0 Å². The van der Waals surface area contributed by atoms with Gasteiger partial charge in [-0.3, -0.25) is 0 Å². The van der Waals surface area contributed by atoms with Crippen LogP contribution >= 0.6 is 12.2 Å². The molecule has 0 atom stereocenters. The van der Waals surface area contributed by atoms with Gasteiger partial charge in [0.2, 0.25) is 0 Å². The van der Waals surface area contributed by atoms with Crippen molar-refractivity contribution in [2.75, 3.05) is 40.3 Å². The van der Waals surface area contributed by atoms with Gasteiger partial charge in [0, 0.05) is 0 Å². The highest BCUT2D eigenvalue weighted by atomic mass is 32.1. The van der Waals surface area contributed by atoms with Crippen LogP contribution in [0.3, 0.4) is 0 Å². The Morgan fingerprint density at radius 3 is 2.19 bits per heavy atom. The van der Waals surface area contributed by atoms with Gasteiger partial charge in [-0.2, -0.15) is 0 Å². The molecule has 3 nitrogen and oxygen atoms in total. The molecule has 0 fully saturated rings. The minimum Gasteiger partial charge on any atom is -0.393 e. The third-order valence-electron chi connectivity index (χ3n) is 2.67. The molecule has 0 aliphatic heterocycles. The maximum atomic E-state index is 5.47. The maximum Gasteiger partial charge on any atom is 0.0727 e. The molecule has 0 aromatic heterocycles. The third-order valence-corrected chi connectivity index (χ3v) is 2.88. The van der Waals surface area contributed by atoms with E-state index >= 15 is 0 Å². The Morgan fingerprint density at radius 1 is 1.06 bits per heavy atom.